The van der Waals surface area contributed by atoms with Gasteiger partial charge in [0.15, 0.2) is 5.96 Å². The van der Waals surface area contributed by atoms with E-state index in [9.17, 15) is 4.79 Å². The molecule has 2 N–H and O–H groups in total. The summed E-state index contributed by atoms with van der Waals surface area (Å²) < 4.78 is 5.65. The summed E-state index contributed by atoms with van der Waals surface area (Å²) in [6.07, 6.45) is 4.75. The first-order chi connectivity index (χ1) is 13.7. The molecule has 1 amide bonds. The summed E-state index contributed by atoms with van der Waals surface area (Å²) in [6.45, 7) is 4.37. The molecule has 2 saturated heterocycles. The van der Waals surface area contributed by atoms with Crippen molar-refractivity contribution in [3.63, 3.8) is 0 Å². The molecular formula is C22H34N4O2. The van der Waals surface area contributed by atoms with Gasteiger partial charge in [-0.05, 0) is 37.2 Å². The average Bonchev–Trinajstić information content (AvgIpc) is 2.76. The minimum absolute atomic E-state index is 0.0903. The zero-order chi connectivity index (χ0) is 19.8. The van der Waals surface area contributed by atoms with Gasteiger partial charge in [0.05, 0.1) is 0 Å². The highest BCUT2D eigenvalue weighted by molar-refractivity contribution is 5.80. The van der Waals surface area contributed by atoms with Gasteiger partial charge in [0.25, 0.3) is 0 Å². The highest BCUT2D eigenvalue weighted by Crippen LogP contribution is 2.34. The van der Waals surface area contributed by atoms with Crippen molar-refractivity contribution in [2.45, 2.75) is 37.5 Å². The summed E-state index contributed by atoms with van der Waals surface area (Å²) in [5.74, 6) is 1.59. The molecule has 0 saturated carbocycles. The van der Waals surface area contributed by atoms with Gasteiger partial charge in [0, 0.05) is 58.8 Å². The van der Waals surface area contributed by atoms with Crippen molar-refractivity contribution < 1.29 is 9.53 Å². The smallest absolute Gasteiger partial charge is 0.220 e. The third-order valence-corrected chi connectivity index (χ3v) is 6.30. The molecule has 0 aromatic heterocycles. The van der Waals surface area contributed by atoms with Crippen molar-refractivity contribution in [2.24, 2.45) is 10.9 Å². The number of carbonyl (C=O) groups is 1. The third-order valence-electron chi connectivity index (χ3n) is 6.30. The van der Waals surface area contributed by atoms with Gasteiger partial charge < -0.3 is 20.3 Å². The van der Waals surface area contributed by atoms with E-state index < -0.39 is 0 Å². The van der Waals surface area contributed by atoms with Crippen LogP contribution in [-0.4, -0.2) is 63.7 Å². The fourth-order valence-corrected chi connectivity index (χ4v) is 4.42. The number of aliphatic imine (C=N–C) groups is 1. The van der Waals surface area contributed by atoms with Crippen LogP contribution < -0.4 is 10.6 Å². The van der Waals surface area contributed by atoms with Crippen LogP contribution in [0.2, 0.25) is 0 Å². The molecule has 1 aromatic carbocycles. The molecule has 6 heteroatoms. The van der Waals surface area contributed by atoms with E-state index in [2.05, 4.69) is 50.9 Å². The van der Waals surface area contributed by atoms with Gasteiger partial charge in [0.1, 0.15) is 0 Å². The Morgan fingerprint density at radius 1 is 1.21 bits per heavy atom. The number of carbonyl (C=O) groups excluding carboxylic acids is 1. The molecule has 0 unspecified atom stereocenters. The van der Waals surface area contributed by atoms with E-state index in [1.54, 1.807) is 7.05 Å². The Morgan fingerprint density at radius 2 is 1.89 bits per heavy atom. The fraction of sp³-hybridized carbons (Fsp3) is 0.636. The number of guanidine groups is 1. The topological polar surface area (TPSA) is 66.0 Å². The molecule has 0 aliphatic carbocycles. The molecule has 2 fully saturated rings. The first kappa shape index (κ1) is 20.6. The summed E-state index contributed by atoms with van der Waals surface area (Å²) in [5.41, 5.74) is 1.47. The Balaban J connectivity index is 1.59. The van der Waals surface area contributed by atoms with Crippen LogP contribution >= 0.6 is 0 Å². The highest BCUT2D eigenvalue weighted by Gasteiger charge is 2.35. The van der Waals surface area contributed by atoms with Gasteiger partial charge in [-0.15, -0.1) is 0 Å². The first-order valence-electron chi connectivity index (χ1n) is 10.5. The van der Waals surface area contributed by atoms with E-state index in [0.29, 0.717) is 12.3 Å². The van der Waals surface area contributed by atoms with Gasteiger partial charge in [-0.25, -0.2) is 0 Å². The van der Waals surface area contributed by atoms with E-state index in [1.807, 2.05) is 7.05 Å². The number of benzene rings is 1. The SMILES string of the molecule is CN=C(NCC1(c2ccccc2)CCOCC1)N1CCC(CC(=O)NC)CC1. The van der Waals surface area contributed by atoms with E-state index in [1.165, 1.54) is 5.56 Å². The van der Waals surface area contributed by atoms with Crippen LogP contribution in [-0.2, 0) is 14.9 Å². The number of nitrogens with one attached hydrogen (secondary N) is 2. The summed E-state index contributed by atoms with van der Waals surface area (Å²) in [7, 11) is 3.57. The van der Waals surface area contributed by atoms with Crippen LogP contribution in [0.15, 0.2) is 35.3 Å². The second-order valence-corrected chi connectivity index (χ2v) is 7.97. The van der Waals surface area contributed by atoms with Gasteiger partial charge in [-0.2, -0.15) is 0 Å². The number of likely N-dealkylation sites (tertiary alicyclic amines) is 1. The Hall–Kier alpha value is -2.08. The molecule has 0 bridgehead atoms. The lowest BCUT2D eigenvalue weighted by Crippen LogP contribution is -2.51. The molecule has 2 heterocycles. The van der Waals surface area contributed by atoms with E-state index in [4.69, 9.17) is 4.74 Å². The zero-order valence-electron chi connectivity index (χ0n) is 17.2. The summed E-state index contributed by atoms with van der Waals surface area (Å²) in [6, 6.07) is 10.8. The predicted octanol–water partition coefficient (Wildman–Crippen LogP) is 2.16. The number of amides is 1. The Bertz CT molecular complexity index is 648. The molecule has 0 atom stereocenters. The van der Waals surface area contributed by atoms with E-state index in [-0.39, 0.29) is 11.3 Å². The largest absolute Gasteiger partial charge is 0.381 e. The summed E-state index contributed by atoms with van der Waals surface area (Å²) in [5, 5.41) is 6.39. The lowest BCUT2D eigenvalue weighted by Gasteiger charge is -2.40. The Labute approximate surface area is 168 Å². The molecule has 0 radical (unpaired) electrons. The highest BCUT2D eigenvalue weighted by atomic mass is 16.5. The Morgan fingerprint density at radius 3 is 2.50 bits per heavy atom. The molecule has 0 spiro atoms. The number of ether oxygens (including phenoxy) is 1. The lowest BCUT2D eigenvalue weighted by atomic mass is 9.74. The van der Waals surface area contributed by atoms with Crippen molar-refractivity contribution in [3.8, 4) is 0 Å². The lowest BCUT2D eigenvalue weighted by molar-refractivity contribution is -0.121. The Kier molecular flexibility index (Phi) is 7.31. The zero-order valence-corrected chi connectivity index (χ0v) is 17.2. The van der Waals surface area contributed by atoms with Crippen LogP contribution in [0, 0.1) is 5.92 Å². The molecule has 154 valence electrons. The van der Waals surface area contributed by atoms with Crippen LogP contribution in [0.3, 0.4) is 0 Å². The number of nitrogens with zero attached hydrogens (tertiary/aromatic N) is 2. The number of rotatable bonds is 5. The molecule has 6 nitrogen and oxygen atoms in total. The normalized spacial score (nSPS) is 20.6. The molecule has 28 heavy (non-hydrogen) atoms. The molecule has 2 aliphatic rings. The quantitative estimate of drug-likeness (QED) is 0.601. The van der Waals surface area contributed by atoms with Crippen molar-refractivity contribution in [3.05, 3.63) is 35.9 Å². The number of piperidine rings is 1. The van der Waals surface area contributed by atoms with Gasteiger partial charge in [-0.1, -0.05) is 30.3 Å². The number of hydrogen-bond acceptors (Lipinski definition) is 3. The minimum Gasteiger partial charge on any atom is -0.381 e. The summed E-state index contributed by atoms with van der Waals surface area (Å²) >= 11 is 0. The van der Waals surface area contributed by atoms with Crippen molar-refractivity contribution >= 4 is 11.9 Å². The molecule has 2 aliphatic heterocycles. The van der Waals surface area contributed by atoms with E-state index in [0.717, 1.165) is 64.5 Å². The van der Waals surface area contributed by atoms with Gasteiger partial charge in [-0.3, -0.25) is 9.79 Å². The molecule has 1 aromatic rings. The van der Waals surface area contributed by atoms with Crippen LogP contribution in [0.25, 0.3) is 0 Å². The van der Waals surface area contributed by atoms with Gasteiger partial charge >= 0.3 is 0 Å². The van der Waals surface area contributed by atoms with Crippen molar-refractivity contribution in [1.82, 2.24) is 15.5 Å². The average molecular weight is 387 g/mol. The second-order valence-electron chi connectivity index (χ2n) is 7.97. The maximum Gasteiger partial charge on any atom is 0.220 e. The number of hydrogen-bond donors (Lipinski definition) is 2. The van der Waals surface area contributed by atoms with Gasteiger partial charge in [0.2, 0.25) is 5.91 Å². The minimum atomic E-state index is 0.0903. The summed E-state index contributed by atoms with van der Waals surface area (Å²) in [4.78, 5) is 18.5. The fourth-order valence-electron chi connectivity index (χ4n) is 4.42. The maximum absolute atomic E-state index is 11.6. The van der Waals surface area contributed by atoms with Crippen LogP contribution in [0.5, 0.6) is 0 Å². The third kappa shape index (κ3) is 5.04. The maximum atomic E-state index is 11.6. The van der Waals surface area contributed by atoms with E-state index >= 15 is 0 Å². The first-order valence-corrected chi connectivity index (χ1v) is 10.5. The van der Waals surface area contributed by atoms with Crippen LogP contribution in [0.4, 0.5) is 0 Å². The predicted molar refractivity (Wildman–Crippen MR) is 113 cm³/mol. The molecular weight excluding hydrogens is 352 g/mol. The second kappa shape index (κ2) is 9.92. The standard InChI is InChI=1S/C22H34N4O2/c1-23-20(27)16-18-8-12-26(13-9-18)21(24-2)25-17-22(10-14-28-15-11-22)19-6-4-3-5-7-19/h3-7,18H,8-17H2,1-2H3,(H,23,27)(H,24,25). The monoisotopic (exact) mass is 386 g/mol. The molecule has 3 rings (SSSR count). The van der Waals surface area contributed by atoms with Crippen LogP contribution in [0.1, 0.15) is 37.7 Å². The van der Waals surface area contributed by atoms with Crippen molar-refractivity contribution in [1.29, 1.82) is 0 Å². The van der Waals surface area contributed by atoms with Crippen molar-refractivity contribution in [2.75, 3.05) is 46.9 Å².